The van der Waals surface area contributed by atoms with Gasteiger partial charge in [-0.2, -0.15) is 4.31 Å². The standard InChI is InChI=1S/C19H20ClN3O5S2/c1-13-3-4-14(23(25)26)11-18(13)30(27,28)22-9-7-21(8-10-22)19(24)16-12-15(29-2)5-6-17(16)20/h3-6,11-12H,7-10H2,1-2H3. The van der Waals surface area contributed by atoms with Crippen LogP contribution in [0.5, 0.6) is 0 Å². The second-order valence-corrected chi connectivity index (χ2v) is 9.94. The fourth-order valence-corrected chi connectivity index (χ4v) is 5.52. The van der Waals surface area contributed by atoms with Crippen LogP contribution in [-0.2, 0) is 10.0 Å². The highest BCUT2D eigenvalue weighted by molar-refractivity contribution is 7.98. The number of benzene rings is 2. The predicted octanol–water partition coefficient (Wildman–Crippen LogP) is 3.43. The van der Waals surface area contributed by atoms with E-state index in [2.05, 4.69) is 0 Å². The van der Waals surface area contributed by atoms with Gasteiger partial charge in [0.2, 0.25) is 10.0 Å². The zero-order valence-electron chi connectivity index (χ0n) is 16.4. The number of nitro benzene ring substituents is 1. The van der Waals surface area contributed by atoms with Crippen molar-refractivity contribution in [1.82, 2.24) is 9.21 Å². The van der Waals surface area contributed by atoms with Gasteiger partial charge in [0, 0.05) is 43.2 Å². The second-order valence-electron chi connectivity index (χ2n) is 6.75. The van der Waals surface area contributed by atoms with E-state index < -0.39 is 14.9 Å². The third kappa shape index (κ3) is 4.46. The largest absolute Gasteiger partial charge is 0.336 e. The topological polar surface area (TPSA) is 101 Å². The second kappa shape index (κ2) is 8.93. The van der Waals surface area contributed by atoms with Gasteiger partial charge >= 0.3 is 0 Å². The highest BCUT2D eigenvalue weighted by atomic mass is 35.5. The Morgan fingerprint density at radius 1 is 1.13 bits per heavy atom. The van der Waals surface area contributed by atoms with Gasteiger partial charge in [-0.15, -0.1) is 11.8 Å². The summed E-state index contributed by atoms with van der Waals surface area (Å²) in [5, 5.41) is 11.4. The highest BCUT2D eigenvalue weighted by Gasteiger charge is 2.32. The van der Waals surface area contributed by atoms with Crippen molar-refractivity contribution in [2.75, 3.05) is 32.4 Å². The van der Waals surface area contributed by atoms with Gasteiger partial charge in [-0.05, 0) is 36.9 Å². The lowest BCUT2D eigenvalue weighted by molar-refractivity contribution is -0.385. The molecule has 1 saturated heterocycles. The van der Waals surface area contributed by atoms with Gasteiger partial charge in [0.1, 0.15) is 0 Å². The number of sulfonamides is 1. The summed E-state index contributed by atoms with van der Waals surface area (Å²) in [5.41, 5.74) is 0.533. The molecule has 0 atom stereocenters. The Labute approximate surface area is 184 Å². The molecule has 30 heavy (non-hydrogen) atoms. The van der Waals surface area contributed by atoms with Crippen molar-refractivity contribution in [3.63, 3.8) is 0 Å². The van der Waals surface area contributed by atoms with Gasteiger partial charge in [0.05, 0.1) is 20.4 Å². The molecule has 0 bridgehead atoms. The van der Waals surface area contributed by atoms with E-state index in [-0.39, 0.29) is 42.7 Å². The number of amides is 1. The Morgan fingerprint density at radius 2 is 1.80 bits per heavy atom. The van der Waals surface area contributed by atoms with Crippen LogP contribution in [0, 0.1) is 17.0 Å². The minimum atomic E-state index is -3.92. The molecule has 11 heteroatoms. The van der Waals surface area contributed by atoms with E-state index in [1.807, 2.05) is 12.3 Å². The van der Waals surface area contributed by atoms with Crippen LogP contribution in [0.4, 0.5) is 5.69 Å². The van der Waals surface area contributed by atoms with E-state index in [1.165, 1.54) is 28.2 Å². The summed E-state index contributed by atoms with van der Waals surface area (Å²) in [6.07, 6.45) is 1.90. The molecule has 2 aromatic carbocycles. The lowest BCUT2D eigenvalue weighted by Crippen LogP contribution is -2.50. The summed E-state index contributed by atoms with van der Waals surface area (Å²) in [6, 6.07) is 9.01. The summed E-state index contributed by atoms with van der Waals surface area (Å²) >= 11 is 7.68. The van der Waals surface area contributed by atoms with Crippen molar-refractivity contribution in [3.05, 3.63) is 62.7 Å². The van der Waals surface area contributed by atoms with Crippen molar-refractivity contribution in [1.29, 1.82) is 0 Å². The quantitative estimate of drug-likeness (QED) is 0.378. The van der Waals surface area contributed by atoms with E-state index in [0.29, 0.717) is 16.1 Å². The Morgan fingerprint density at radius 3 is 2.40 bits per heavy atom. The molecule has 1 fully saturated rings. The molecule has 8 nitrogen and oxygen atoms in total. The molecule has 0 saturated carbocycles. The molecular weight excluding hydrogens is 450 g/mol. The zero-order valence-corrected chi connectivity index (χ0v) is 18.8. The average molecular weight is 470 g/mol. The minimum Gasteiger partial charge on any atom is -0.336 e. The maximum atomic E-state index is 13.0. The number of carbonyl (C=O) groups excluding carboxylic acids is 1. The van der Waals surface area contributed by atoms with Crippen LogP contribution in [0.15, 0.2) is 46.2 Å². The van der Waals surface area contributed by atoms with Crippen LogP contribution in [0.3, 0.4) is 0 Å². The first-order valence-electron chi connectivity index (χ1n) is 9.03. The summed E-state index contributed by atoms with van der Waals surface area (Å²) < 4.78 is 27.3. The maximum absolute atomic E-state index is 13.0. The molecule has 0 aliphatic carbocycles. The molecule has 2 aromatic rings. The molecule has 160 valence electrons. The van der Waals surface area contributed by atoms with Crippen LogP contribution in [0.1, 0.15) is 15.9 Å². The monoisotopic (exact) mass is 469 g/mol. The number of nitro groups is 1. The number of hydrogen-bond acceptors (Lipinski definition) is 6. The van der Waals surface area contributed by atoms with Gasteiger partial charge in [0.25, 0.3) is 11.6 Å². The normalized spacial score (nSPS) is 15.2. The number of non-ortho nitro benzene ring substituents is 1. The molecule has 0 N–H and O–H groups in total. The lowest BCUT2D eigenvalue weighted by Gasteiger charge is -2.34. The first kappa shape index (κ1) is 22.5. The van der Waals surface area contributed by atoms with Crippen LogP contribution < -0.4 is 0 Å². The number of halogens is 1. The molecule has 0 radical (unpaired) electrons. The predicted molar refractivity (Wildman–Crippen MR) is 116 cm³/mol. The summed E-state index contributed by atoms with van der Waals surface area (Å²) in [5.74, 6) is -0.250. The van der Waals surface area contributed by atoms with Gasteiger partial charge < -0.3 is 4.90 Å². The molecule has 3 rings (SSSR count). The number of carbonyl (C=O) groups is 1. The first-order valence-corrected chi connectivity index (χ1v) is 12.1. The van der Waals surface area contributed by atoms with Crippen LogP contribution in [-0.4, -0.2) is 60.9 Å². The summed E-state index contributed by atoms with van der Waals surface area (Å²) in [7, 11) is -3.92. The number of hydrogen-bond donors (Lipinski definition) is 0. The molecule has 1 aliphatic heterocycles. The van der Waals surface area contributed by atoms with E-state index in [0.717, 1.165) is 11.0 Å². The van der Waals surface area contributed by atoms with E-state index in [1.54, 1.807) is 24.0 Å². The number of rotatable bonds is 5. The van der Waals surface area contributed by atoms with Gasteiger partial charge in [-0.3, -0.25) is 14.9 Å². The average Bonchev–Trinajstić information content (AvgIpc) is 2.73. The number of thioether (sulfide) groups is 1. The summed E-state index contributed by atoms with van der Waals surface area (Å²) in [6.45, 7) is 2.18. The Hall–Kier alpha value is -2.14. The third-order valence-corrected chi connectivity index (χ3v) is 8.03. The fraction of sp³-hybridized carbons (Fsp3) is 0.316. The molecule has 1 amide bonds. The van der Waals surface area contributed by atoms with Crippen molar-refractivity contribution in [2.24, 2.45) is 0 Å². The van der Waals surface area contributed by atoms with E-state index >= 15 is 0 Å². The molecule has 0 spiro atoms. The van der Waals surface area contributed by atoms with Gasteiger partial charge in [0.15, 0.2) is 0 Å². The molecule has 1 heterocycles. The molecular formula is C19H20ClN3O5S2. The van der Waals surface area contributed by atoms with Crippen molar-refractivity contribution >= 4 is 45.0 Å². The Balaban J connectivity index is 1.78. The number of aryl methyl sites for hydroxylation is 1. The first-order chi connectivity index (χ1) is 14.1. The van der Waals surface area contributed by atoms with Crippen LogP contribution in [0.25, 0.3) is 0 Å². The van der Waals surface area contributed by atoms with Crippen molar-refractivity contribution in [3.8, 4) is 0 Å². The minimum absolute atomic E-state index is 0.0906. The molecule has 1 aliphatic rings. The fourth-order valence-electron chi connectivity index (χ4n) is 3.22. The lowest BCUT2D eigenvalue weighted by atomic mass is 10.2. The molecule has 0 aromatic heterocycles. The molecule has 0 unspecified atom stereocenters. The Kier molecular flexibility index (Phi) is 6.71. The smallest absolute Gasteiger partial charge is 0.270 e. The zero-order chi connectivity index (χ0) is 22.1. The van der Waals surface area contributed by atoms with E-state index in [9.17, 15) is 23.3 Å². The maximum Gasteiger partial charge on any atom is 0.270 e. The highest BCUT2D eigenvalue weighted by Crippen LogP contribution is 2.27. The Bertz CT molecular complexity index is 1100. The van der Waals surface area contributed by atoms with Crippen LogP contribution in [0.2, 0.25) is 5.02 Å². The SMILES string of the molecule is CSc1ccc(Cl)c(C(=O)N2CCN(S(=O)(=O)c3cc([N+](=O)[O-])ccc3C)CC2)c1. The number of nitrogens with zero attached hydrogens (tertiary/aromatic N) is 3. The number of piperazine rings is 1. The third-order valence-electron chi connectivity index (χ3n) is 4.93. The van der Waals surface area contributed by atoms with Gasteiger partial charge in [-0.1, -0.05) is 17.7 Å². The summed E-state index contributed by atoms with van der Waals surface area (Å²) in [4.78, 5) is 25.7. The van der Waals surface area contributed by atoms with E-state index in [4.69, 9.17) is 11.6 Å². The van der Waals surface area contributed by atoms with Gasteiger partial charge in [-0.25, -0.2) is 8.42 Å². The van der Waals surface area contributed by atoms with Crippen LogP contribution >= 0.6 is 23.4 Å². The van der Waals surface area contributed by atoms with Crippen molar-refractivity contribution < 1.29 is 18.1 Å². The van der Waals surface area contributed by atoms with Crippen molar-refractivity contribution in [2.45, 2.75) is 16.7 Å².